The zero-order chi connectivity index (χ0) is 38.1. The normalized spacial score (nSPS) is 24.8. The molecule has 4 atom stereocenters. The minimum Gasteiger partial charge on any atom is -0.508 e. The first kappa shape index (κ1) is 34.9. The Morgan fingerprint density at radius 2 is 2.02 bits per heavy atom. The van der Waals surface area contributed by atoms with Crippen LogP contribution in [0.5, 0.6) is 11.8 Å². The number of ether oxygens (including phenoxy) is 1. The van der Waals surface area contributed by atoms with Crippen LogP contribution in [-0.4, -0.2) is 85.4 Å². The molecule has 3 saturated heterocycles. The second-order valence-corrected chi connectivity index (χ2v) is 15.0. The second-order valence-electron chi connectivity index (χ2n) is 15.0. The van der Waals surface area contributed by atoms with E-state index < -0.39 is 40.6 Å². The number of carbonyl (C=O) groups is 1. The maximum Gasteiger partial charge on any atom is 0.319 e. The predicted octanol–water partition coefficient (Wildman–Crippen LogP) is 6.40. The SMILES string of the molecule is C#Cc1c(F)ccc2cc(O)cc(-c3ncc4c(N5C[C@@]6(NC(=O)/C(F)=C/c7ccccn7)CC[C@@H]5C6)nc(OC[C@@]56CCCN5C[C@H](F)C6)nc4c3F)c12. The van der Waals surface area contributed by atoms with Crippen molar-refractivity contribution >= 4 is 39.5 Å². The maximum atomic E-state index is 17.1. The Morgan fingerprint density at radius 1 is 1.15 bits per heavy atom. The number of anilines is 1. The molecule has 1 aliphatic carbocycles. The lowest BCUT2D eigenvalue weighted by atomic mass is 9.95. The largest absolute Gasteiger partial charge is 0.508 e. The van der Waals surface area contributed by atoms with Crippen molar-refractivity contribution in [2.75, 3.05) is 31.1 Å². The number of nitrogens with one attached hydrogen (secondary N) is 1. The van der Waals surface area contributed by atoms with Crippen molar-refractivity contribution in [2.45, 2.75) is 61.8 Å². The lowest BCUT2D eigenvalue weighted by Crippen LogP contribution is -2.51. The van der Waals surface area contributed by atoms with Gasteiger partial charge in [0.05, 0.1) is 27.7 Å². The number of halogens is 4. The Hall–Kier alpha value is -5.81. The Morgan fingerprint density at radius 3 is 2.84 bits per heavy atom. The molecule has 4 fully saturated rings. The summed E-state index contributed by atoms with van der Waals surface area (Å²) in [5.41, 5.74) is -1.47. The van der Waals surface area contributed by atoms with Crippen LogP contribution in [0.4, 0.5) is 23.4 Å². The van der Waals surface area contributed by atoms with Gasteiger partial charge in [0.1, 0.15) is 41.4 Å². The molecule has 1 amide bonds. The Bertz CT molecular complexity index is 2460. The quantitative estimate of drug-likeness (QED) is 0.106. The molecule has 4 aliphatic rings. The first-order chi connectivity index (χ1) is 26.5. The van der Waals surface area contributed by atoms with Gasteiger partial charge in [-0.25, -0.2) is 17.6 Å². The second kappa shape index (κ2) is 13.2. The number of terminal acetylenes is 1. The van der Waals surface area contributed by atoms with Crippen molar-refractivity contribution < 1.29 is 32.2 Å². The minimum absolute atomic E-state index is 0.0626. The summed E-state index contributed by atoms with van der Waals surface area (Å²) in [6.45, 7) is 1.38. The minimum atomic E-state index is -0.993. The van der Waals surface area contributed by atoms with Gasteiger partial charge in [-0.05, 0) is 74.4 Å². The third kappa shape index (κ3) is 5.97. The maximum absolute atomic E-state index is 17.1. The van der Waals surface area contributed by atoms with Crippen LogP contribution in [-0.2, 0) is 4.79 Å². The molecule has 2 aromatic carbocycles. The Balaban J connectivity index is 1.12. The van der Waals surface area contributed by atoms with Gasteiger partial charge >= 0.3 is 6.01 Å². The predicted molar refractivity (Wildman–Crippen MR) is 198 cm³/mol. The summed E-state index contributed by atoms with van der Waals surface area (Å²) in [5, 5.41) is 14.3. The molecule has 9 rings (SSSR count). The Kier molecular flexibility index (Phi) is 8.38. The summed E-state index contributed by atoms with van der Waals surface area (Å²) in [6, 6.07) is 9.98. The van der Waals surface area contributed by atoms with Gasteiger partial charge in [0.25, 0.3) is 5.91 Å². The number of benzene rings is 2. The van der Waals surface area contributed by atoms with E-state index in [9.17, 15) is 18.7 Å². The van der Waals surface area contributed by atoms with Crippen molar-refractivity contribution in [3.05, 3.63) is 83.6 Å². The topological polar surface area (TPSA) is 117 Å². The third-order valence-corrected chi connectivity index (χ3v) is 11.7. The van der Waals surface area contributed by atoms with E-state index in [4.69, 9.17) is 16.1 Å². The van der Waals surface area contributed by atoms with Crippen LogP contribution in [0.3, 0.4) is 0 Å². The number of fused-ring (bicyclic) bond motifs is 5. The molecule has 2 N–H and O–H groups in total. The first-order valence-corrected chi connectivity index (χ1v) is 18.2. The van der Waals surface area contributed by atoms with E-state index in [-0.39, 0.29) is 64.1 Å². The number of alkyl halides is 1. The number of aromatic hydroxyl groups is 1. The van der Waals surface area contributed by atoms with Crippen molar-refractivity contribution in [3.63, 3.8) is 0 Å². The highest BCUT2D eigenvalue weighted by molar-refractivity contribution is 6.03. The van der Waals surface area contributed by atoms with Crippen LogP contribution >= 0.6 is 0 Å². The van der Waals surface area contributed by atoms with Gasteiger partial charge in [-0.3, -0.25) is 19.7 Å². The highest BCUT2D eigenvalue weighted by Gasteiger charge is 2.52. The van der Waals surface area contributed by atoms with E-state index in [1.54, 1.807) is 18.2 Å². The number of phenolic OH excluding ortho intramolecular Hbond substituents is 1. The lowest BCUT2D eigenvalue weighted by Gasteiger charge is -2.34. The molecule has 280 valence electrons. The molecule has 2 bridgehead atoms. The lowest BCUT2D eigenvalue weighted by molar-refractivity contribution is -0.120. The first-order valence-electron chi connectivity index (χ1n) is 18.2. The number of aromatic nitrogens is 4. The van der Waals surface area contributed by atoms with Crippen molar-refractivity contribution in [1.29, 1.82) is 0 Å². The van der Waals surface area contributed by atoms with Gasteiger partial charge in [-0.1, -0.05) is 18.1 Å². The summed E-state index contributed by atoms with van der Waals surface area (Å²) in [5.74, 6) is -0.986. The molecule has 0 spiro atoms. The molecule has 5 aromatic rings. The van der Waals surface area contributed by atoms with Crippen LogP contribution in [0.25, 0.3) is 39.0 Å². The van der Waals surface area contributed by atoms with E-state index in [0.717, 1.165) is 25.5 Å². The number of pyridine rings is 2. The average Bonchev–Trinajstić information content (AvgIpc) is 3.93. The van der Waals surface area contributed by atoms with E-state index in [1.165, 1.54) is 36.7 Å². The molecule has 14 heteroatoms. The molecule has 55 heavy (non-hydrogen) atoms. The number of phenols is 1. The fourth-order valence-electron chi connectivity index (χ4n) is 9.21. The van der Waals surface area contributed by atoms with Crippen LogP contribution in [0.2, 0.25) is 0 Å². The summed E-state index contributed by atoms with van der Waals surface area (Å²) in [7, 11) is 0. The molecule has 3 aliphatic heterocycles. The summed E-state index contributed by atoms with van der Waals surface area (Å²) < 4.78 is 68.1. The van der Waals surface area contributed by atoms with E-state index >= 15 is 8.78 Å². The molecule has 10 nitrogen and oxygen atoms in total. The van der Waals surface area contributed by atoms with Gasteiger partial charge < -0.3 is 20.1 Å². The highest BCUT2D eigenvalue weighted by atomic mass is 19.1. The molecule has 6 heterocycles. The number of carbonyl (C=O) groups excluding carboxylic acids is 1. The van der Waals surface area contributed by atoms with Gasteiger partial charge in [0.2, 0.25) is 0 Å². The number of rotatable bonds is 8. The number of hydrogen-bond donors (Lipinski definition) is 2. The molecule has 1 saturated carbocycles. The van der Waals surface area contributed by atoms with Crippen molar-refractivity contribution in [3.8, 4) is 35.4 Å². The van der Waals surface area contributed by atoms with Crippen LogP contribution < -0.4 is 15.0 Å². The molecular weight excluding hydrogens is 714 g/mol. The molecule has 3 aromatic heterocycles. The van der Waals surface area contributed by atoms with Crippen LogP contribution in [0.15, 0.2) is 60.7 Å². The fourth-order valence-corrected chi connectivity index (χ4v) is 9.21. The van der Waals surface area contributed by atoms with Gasteiger partial charge in [-0.2, -0.15) is 9.97 Å². The molecule has 0 unspecified atom stereocenters. The average molecular weight is 750 g/mol. The summed E-state index contributed by atoms with van der Waals surface area (Å²) in [4.78, 5) is 35.0. The van der Waals surface area contributed by atoms with Crippen molar-refractivity contribution in [1.82, 2.24) is 30.2 Å². The Labute approximate surface area is 313 Å². The monoisotopic (exact) mass is 749 g/mol. The van der Waals surface area contributed by atoms with Gasteiger partial charge in [-0.15, -0.1) is 6.42 Å². The van der Waals surface area contributed by atoms with Crippen LogP contribution in [0.1, 0.15) is 49.8 Å². The zero-order valence-corrected chi connectivity index (χ0v) is 29.5. The number of hydrogen-bond acceptors (Lipinski definition) is 9. The number of piperidine rings is 1. The van der Waals surface area contributed by atoms with E-state index in [1.807, 2.05) is 4.90 Å². The van der Waals surface area contributed by atoms with Crippen molar-refractivity contribution in [2.24, 2.45) is 0 Å². The molecular formula is C41H35F4N7O3. The van der Waals surface area contributed by atoms with Crippen LogP contribution in [0, 0.1) is 24.0 Å². The van der Waals surface area contributed by atoms with Gasteiger partial charge in [0, 0.05) is 55.0 Å². The zero-order valence-electron chi connectivity index (χ0n) is 29.5. The van der Waals surface area contributed by atoms with E-state index in [2.05, 4.69) is 31.1 Å². The summed E-state index contributed by atoms with van der Waals surface area (Å²) >= 11 is 0. The van der Waals surface area contributed by atoms with Gasteiger partial charge in [0.15, 0.2) is 11.6 Å². The molecule has 0 radical (unpaired) electrons. The third-order valence-electron chi connectivity index (χ3n) is 11.7. The highest BCUT2D eigenvalue weighted by Crippen LogP contribution is 2.46. The smallest absolute Gasteiger partial charge is 0.319 e. The van der Waals surface area contributed by atoms with E-state index in [0.29, 0.717) is 49.1 Å². The summed E-state index contributed by atoms with van der Waals surface area (Å²) in [6.07, 6.45) is 12.3. The fraction of sp³-hybridized carbons (Fsp3) is 0.341. The number of nitrogens with zero attached hydrogens (tertiary/aromatic N) is 6. The standard InChI is InChI=1S/C41H35F4N7O3/c1-2-28-31(43)8-7-23-14-27(53)16-29(33(23)28)35-34(45)36-30(19-47-35)37(49-39(48-36)55-22-41-10-5-13-51(41)20-24(42)17-41)52-21-40(11-9-26(52)18-40)50-38(54)32(44)15-25-6-3-4-12-46-25/h1,3-4,6-8,12,14-16,19,24,26,53H,5,9-11,13,17-18,20-22H2,(H,50,54)/b32-15-/t24-,26-,40-,41+/m1/s1. The number of amides is 1.